The Hall–Kier alpha value is -2.06. The molecule has 2 heterocycles. The lowest BCUT2D eigenvalue weighted by Crippen LogP contribution is -2.18. The fourth-order valence-electron chi connectivity index (χ4n) is 3.40. The molecule has 0 aromatic heterocycles. The van der Waals surface area contributed by atoms with Crippen LogP contribution in [0.1, 0.15) is 25.3 Å². The van der Waals surface area contributed by atoms with E-state index in [1.54, 1.807) is 0 Å². The molecule has 1 saturated heterocycles. The number of hydrogen-bond donors (Lipinski definition) is 2. The monoisotopic (exact) mass is 429 g/mol. The van der Waals surface area contributed by atoms with Crippen molar-refractivity contribution in [3.63, 3.8) is 0 Å². The predicted octanol–water partition coefficient (Wildman–Crippen LogP) is 5.89. The topological polar surface area (TPSA) is 44.4 Å². The first-order chi connectivity index (χ1) is 12.8. The predicted molar refractivity (Wildman–Crippen MR) is 108 cm³/mol. The number of halogens is 4. The summed E-state index contributed by atoms with van der Waals surface area (Å²) < 4.78 is 39.9. The summed E-state index contributed by atoms with van der Waals surface area (Å²) in [5, 5.41) is 5.70. The van der Waals surface area contributed by atoms with E-state index in [9.17, 15) is 18.0 Å². The van der Waals surface area contributed by atoms with Gasteiger partial charge in [0.1, 0.15) is 0 Å². The van der Waals surface area contributed by atoms with E-state index in [0.717, 1.165) is 54.3 Å². The second-order valence-corrected chi connectivity index (χ2v) is 7.76. The maximum Gasteiger partial charge on any atom is 0.416 e. The van der Waals surface area contributed by atoms with Crippen molar-refractivity contribution in [1.29, 1.82) is 0 Å². The van der Waals surface area contributed by atoms with Gasteiger partial charge in [0, 0.05) is 35.5 Å². The molecule has 2 aromatic carbocycles. The Bertz CT molecular complexity index is 914. The number of nitrogens with one attached hydrogen (secondary N) is 2. The van der Waals surface area contributed by atoms with Crippen LogP contribution in [-0.2, 0) is 11.0 Å². The normalized spacial score (nSPS) is 15.2. The minimum absolute atomic E-state index is 0. The van der Waals surface area contributed by atoms with E-state index in [2.05, 4.69) is 15.5 Å². The van der Waals surface area contributed by atoms with Gasteiger partial charge in [0.2, 0.25) is 5.91 Å². The van der Waals surface area contributed by atoms with Crippen molar-refractivity contribution in [3.8, 4) is 0 Å². The molecule has 2 aromatic rings. The summed E-state index contributed by atoms with van der Waals surface area (Å²) in [7, 11) is 0. The molecule has 2 aliphatic rings. The molecule has 0 radical (unpaired) electrons. The Morgan fingerprint density at radius 1 is 1.14 bits per heavy atom. The Kier molecular flexibility index (Phi) is 5.72. The second-order valence-electron chi connectivity index (χ2n) is 6.68. The van der Waals surface area contributed by atoms with Crippen LogP contribution in [0.2, 0.25) is 0 Å². The highest BCUT2D eigenvalue weighted by molar-refractivity contribution is 7.99. The summed E-state index contributed by atoms with van der Waals surface area (Å²) in [5.74, 6) is -0.418. The van der Waals surface area contributed by atoms with Crippen LogP contribution >= 0.6 is 24.2 Å². The van der Waals surface area contributed by atoms with Crippen LogP contribution < -0.4 is 15.5 Å². The molecule has 0 aliphatic carbocycles. The van der Waals surface area contributed by atoms with Crippen LogP contribution in [0, 0.1) is 0 Å². The number of amides is 1. The zero-order valence-corrected chi connectivity index (χ0v) is 16.7. The van der Waals surface area contributed by atoms with Crippen LogP contribution in [0.3, 0.4) is 0 Å². The van der Waals surface area contributed by atoms with Gasteiger partial charge in [-0.2, -0.15) is 13.2 Å². The van der Waals surface area contributed by atoms with Crippen LogP contribution in [0.25, 0.3) is 0 Å². The standard InChI is InChI=1S/C19H18F3N3OS.ClH/c1-11(26)23-15-8-12(19(20,21)22)9-17-18(15)24-14-5-4-13(10-16(14)27-17)25-6-2-3-7-25;/h4-5,8-10,24H,2-3,6-7H2,1H3,(H,23,26);1H. The Morgan fingerprint density at radius 2 is 1.86 bits per heavy atom. The molecule has 0 bridgehead atoms. The molecule has 0 spiro atoms. The van der Waals surface area contributed by atoms with Gasteiger partial charge in [-0.25, -0.2) is 0 Å². The third kappa shape index (κ3) is 4.03. The molecule has 150 valence electrons. The average Bonchev–Trinajstić information content (AvgIpc) is 3.13. The molecule has 4 nitrogen and oxygen atoms in total. The third-order valence-electron chi connectivity index (χ3n) is 4.66. The van der Waals surface area contributed by atoms with E-state index >= 15 is 0 Å². The lowest BCUT2D eigenvalue weighted by Gasteiger charge is -2.26. The average molecular weight is 430 g/mol. The van der Waals surface area contributed by atoms with Crippen molar-refractivity contribution in [3.05, 3.63) is 35.9 Å². The van der Waals surface area contributed by atoms with Gasteiger partial charge in [0.25, 0.3) is 0 Å². The van der Waals surface area contributed by atoms with Crippen molar-refractivity contribution >= 4 is 52.8 Å². The molecular formula is C19H19ClF3N3OS. The van der Waals surface area contributed by atoms with Gasteiger partial charge in [0.15, 0.2) is 0 Å². The molecule has 0 saturated carbocycles. The van der Waals surface area contributed by atoms with Crippen molar-refractivity contribution in [2.75, 3.05) is 28.6 Å². The quantitative estimate of drug-likeness (QED) is 0.532. The number of fused-ring (bicyclic) bond motifs is 2. The van der Waals surface area contributed by atoms with Crippen LogP contribution in [0.4, 0.5) is 35.9 Å². The van der Waals surface area contributed by atoms with Gasteiger partial charge in [-0.1, -0.05) is 11.8 Å². The summed E-state index contributed by atoms with van der Waals surface area (Å²) in [6, 6.07) is 8.07. The van der Waals surface area contributed by atoms with Crippen molar-refractivity contribution in [2.24, 2.45) is 0 Å². The summed E-state index contributed by atoms with van der Waals surface area (Å²) in [6.45, 7) is 3.27. The number of rotatable bonds is 2. The van der Waals surface area contributed by atoms with E-state index in [1.165, 1.54) is 18.7 Å². The summed E-state index contributed by atoms with van der Waals surface area (Å²) in [5.41, 5.74) is 1.75. The Balaban J connectivity index is 0.00000225. The molecule has 9 heteroatoms. The smallest absolute Gasteiger partial charge is 0.372 e. The maximum atomic E-state index is 13.3. The highest BCUT2D eigenvalue weighted by atomic mass is 35.5. The van der Waals surface area contributed by atoms with Gasteiger partial charge >= 0.3 is 6.18 Å². The number of hydrogen-bond acceptors (Lipinski definition) is 4. The Labute approximate surface area is 171 Å². The number of carbonyl (C=O) groups excluding carboxylic acids is 1. The molecule has 4 rings (SSSR count). The minimum atomic E-state index is -4.49. The highest BCUT2D eigenvalue weighted by Gasteiger charge is 2.33. The number of alkyl halides is 3. The number of carbonyl (C=O) groups is 1. The fourth-order valence-corrected chi connectivity index (χ4v) is 4.50. The minimum Gasteiger partial charge on any atom is -0.372 e. The molecule has 2 N–H and O–H groups in total. The molecular weight excluding hydrogens is 411 g/mol. The van der Waals surface area contributed by atoms with E-state index < -0.39 is 17.6 Å². The SMILES string of the molecule is CC(=O)Nc1cc(C(F)(F)F)cc2c1Nc1ccc(N3CCCC3)cc1S2.Cl. The highest BCUT2D eigenvalue weighted by Crippen LogP contribution is 2.50. The van der Waals surface area contributed by atoms with Gasteiger partial charge < -0.3 is 15.5 Å². The zero-order chi connectivity index (χ0) is 19.2. The van der Waals surface area contributed by atoms with Crippen molar-refractivity contribution in [1.82, 2.24) is 0 Å². The maximum absolute atomic E-state index is 13.3. The van der Waals surface area contributed by atoms with Crippen molar-refractivity contribution < 1.29 is 18.0 Å². The van der Waals surface area contributed by atoms with E-state index in [1.807, 2.05) is 18.2 Å². The lowest BCUT2D eigenvalue weighted by molar-refractivity contribution is -0.137. The Morgan fingerprint density at radius 3 is 2.50 bits per heavy atom. The molecule has 1 amide bonds. The fraction of sp³-hybridized carbons (Fsp3) is 0.316. The largest absolute Gasteiger partial charge is 0.416 e. The molecule has 2 aliphatic heterocycles. The van der Waals surface area contributed by atoms with Gasteiger partial charge in [-0.15, -0.1) is 12.4 Å². The zero-order valence-electron chi connectivity index (χ0n) is 15.0. The number of nitrogens with zero attached hydrogens (tertiary/aromatic N) is 1. The molecule has 28 heavy (non-hydrogen) atoms. The van der Waals surface area contributed by atoms with Gasteiger partial charge in [-0.05, 0) is 43.2 Å². The van der Waals surface area contributed by atoms with Crippen molar-refractivity contribution in [2.45, 2.75) is 35.7 Å². The lowest BCUT2D eigenvalue weighted by atomic mass is 10.1. The van der Waals surface area contributed by atoms with Crippen LogP contribution in [0.15, 0.2) is 40.1 Å². The van der Waals surface area contributed by atoms with Gasteiger partial charge in [0.05, 0.1) is 22.6 Å². The van der Waals surface area contributed by atoms with Crippen LogP contribution in [0.5, 0.6) is 0 Å². The first kappa shape index (κ1) is 20.7. The van der Waals surface area contributed by atoms with Crippen LogP contribution in [-0.4, -0.2) is 19.0 Å². The second kappa shape index (κ2) is 7.75. The molecule has 1 fully saturated rings. The first-order valence-electron chi connectivity index (χ1n) is 8.68. The molecule has 0 atom stereocenters. The third-order valence-corrected chi connectivity index (χ3v) is 5.76. The number of benzene rings is 2. The van der Waals surface area contributed by atoms with Gasteiger partial charge in [-0.3, -0.25) is 4.79 Å². The number of anilines is 4. The summed E-state index contributed by atoms with van der Waals surface area (Å²) in [4.78, 5) is 15.1. The van der Waals surface area contributed by atoms with E-state index in [4.69, 9.17) is 0 Å². The van der Waals surface area contributed by atoms with E-state index in [-0.39, 0.29) is 18.1 Å². The van der Waals surface area contributed by atoms with E-state index in [0.29, 0.717) is 10.6 Å². The summed E-state index contributed by atoms with van der Waals surface area (Å²) >= 11 is 1.29. The summed E-state index contributed by atoms with van der Waals surface area (Å²) in [6.07, 6.45) is -2.18. The molecule has 0 unspecified atom stereocenters. The first-order valence-corrected chi connectivity index (χ1v) is 9.49.